The first-order valence-electron chi connectivity index (χ1n) is 5.13. The summed E-state index contributed by atoms with van der Waals surface area (Å²) in [5.74, 6) is 0.112. The number of amides is 1. The summed E-state index contributed by atoms with van der Waals surface area (Å²) in [7, 11) is 0. The third-order valence-corrected chi connectivity index (χ3v) is 3.23. The molecule has 0 radical (unpaired) electrons. The Kier molecular flexibility index (Phi) is 2.21. The van der Waals surface area contributed by atoms with Gasteiger partial charge in [0.1, 0.15) is 0 Å². The minimum Gasteiger partial charge on any atom is -0.466 e. The van der Waals surface area contributed by atoms with Gasteiger partial charge in [0.05, 0.1) is 12.0 Å². The van der Waals surface area contributed by atoms with E-state index in [1.54, 1.807) is 0 Å². The van der Waals surface area contributed by atoms with Crippen LogP contribution in [0, 0.1) is 11.3 Å². The summed E-state index contributed by atoms with van der Waals surface area (Å²) in [6.45, 7) is 2.87. The van der Waals surface area contributed by atoms with Gasteiger partial charge in [-0.25, -0.2) is 0 Å². The predicted molar refractivity (Wildman–Crippen MR) is 49.4 cm³/mol. The number of carbonyl (C=O) groups is 2. The molecule has 2 fully saturated rings. The molecule has 1 aliphatic heterocycles. The summed E-state index contributed by atoms with van der Waals surface area (Å²) in [5, 5.41) is 2.77. The normalized spacial score (nSPS) is 28.4. The van der Waals surface area contributed by atoms with Gasteiger partial charge in [-0.3, -0.25) is 9.59 Å². The zero-order valence-electron chi connectivity index (χ0n) is 8.34. The topological polar surface area (TPSA) is 55.4 Å². The summed E-state index contributed by atoms with van der Waals surface area (Å²) >= 11 is 0. The highest BCUT2D eigenvalue weighted by atomic mass is 16.5. The molecule has 4 heteroatoms. The molecule has 2 aliphatic rings. The fourth-order valence-corrected chi connectivity index (χ4v) is 2.18. The molecule has 0 aromatic carbocycles. The molecule has 1 atom stereocenters. The molecule has 1 aliphatic carbocycles. The van der Waals surface area contributed by atoms with Gasteiger partial charge < -0.3 is 10.1 Å². The van der Waals surface area contributed by atoms with Crippen molar-refractivity contribution in [3.05, 3.63) is 0 Å². The maximum absolute atomic E-state index is 11.7. The van der Waals surface area contributed by atoms with Crippen molar-refractivity contribution >= 4 is 11.9 Å². The highest BCUT2D eigenvalue weighted by Crippen LogP contribution is 2.54. The van der Waals surface area contributed by atoms with Crippen molar-refractivity contribution in [1.82, 2.24) is 5.32 Å². The van der Waals surface area contributed by atoms with Crippen LogP contribution in [0.2, 0.25) is 0 Å². The lowest BCUT2D eigenvalue weighted by Gasteiger charge is -2.18. The Labute approximate surface area is 83.0 Å². The zero-order valence-corrected chi connectivity index (χ0v) is 8.34. The molecule has 4 nitrogen and oxygen atoms in total. The Bertz CT molecular complexity index is 271. The summed E-state index contributed by atoms with van der Waals surface area (Å²) in [6.07, 6.45) is 2.25. The van der Waals surface area contributed by atoms with Crippen LogP contribution in [0.3, 0.4) is 0 Å². The van der Waals surface area contributed by atoms with Gasteiger partial charge in [0, 0.05) is 18.9 Å². The molecular weight excluding hydrogens is 182 g/mol. The molecule has 1 saturated heterocycles. The van der Waals surface area contributed by atoms with E-state index in [-0.39, 0.29) is 23.2 Å². The van der Waals surface area contributed by atoms with E-state index in [1.165, 1.54) is 0 Å². The number of ether oxygens (including phenoxy) is 1. The number of esters is 1. The Hall–Kier alpha value is -1.06. The van der Waals surface area contributed by atoms with Crippen molar-refractivity contribution in [2.45, 2.75) is 26.2 Å². The Morgan fingerprint density at radius 1 is 1.64 bits per heavy atom. The molecular formula is C10H15NO3. The number of carbonyl (C=O) groups excluding carboxylic acids is 2. The van der Waals surface area contributed by atoms with Gasteiger partial charge in [-0.2, -0.15) is 0 Å². The van der Waals surface area contributed by atoms with E-state index in [2.05, 4.69) is 5.32 Å². The molecule has 1 N–H and O–H groups in total. The van der Waals surface area contributed by atoms with Gasteiger partial charge in [0.25, 0.3) is 0 Å². The monoisotopic (exact) mass is 197 g/mol. The largest absolute Gasteiger partial charge is 0.466 e. The molecule has 78 valence electrons. The second-order valence-corrected chi connectivity index (χ2v) is 4.08. The summed E-state index contributed by atoms with van der Waals surface area (Å²) in [4.78, 5) is 22.7. The minimum atomic E-state index is -0.324. The van der Waals surface area contributed by atoms with E-state index in [9.17, 15) is 9.59 Å². The lowest BCUT2D eigenvalue weighted by atomic mass is 9.88. The molecule has 0 spiro atoms. The standard InChI is InChI=1S/C10H15NO3/c1-2-14-9(13)10(3-4-10)7-5-8(12)11-6-7/h7H,2-6H2,1H3,(H,11,12)/t7-/m1/s1. The maximum atomic E-state index is 11.7. The fraction of sp³-hybridized carbons (Fsp3) is 0.800. The molecule has 1 saturated carbocycles. The van der Waals surface area contributed by atoms with Crippen molar-refractivity contribution in [3.63, 3.8) is 0 Å². The number of rotatable bonds is 3. The van der Waals surface area contributed by atoms with Crippen molar-refractivity contribution in [3.8, 4) is 0 Å². The summed E-state index contributed by atoms with van der Waals surface area (Å²) < 4.78 is 5.04. The van der Waals surface area contributed by atoms with Crippen molar-refractivity contribution in [2.24, 2.45) is 11.3 Å². The highest BCUT2D eigenvalue weighted by Gasteiger charge is 2.58. The lowest BCUT2D eigenvalue weighted by Crippen LogP contribution is -2.29. The molecule has 0 unspecified atom stereocenters. The van der Waals surface area contributed by atoms with Crippen LogP contribution in [0.5, 0.6) is 0 Å². The average Bonchev–Trinajstić information content (AvgIpc) is 2.85. The van der Waals surface area contributed by atoms with E-state index in [4.69, 9.17) is 4.74 Å². The number of hydrogen-bond donors (Lipinski definition) is 1. The van der Waals surface area contributed by atoms with E-state index in [0.29, 0.717) is 19.6 Å². The molecule has 0 bridgehead atoms. The maximum Gasteiger partial charge on any atom is 0.312 e. The van der Waals surface area contributed by atoms with Crippen LogP contribution in [-0.4, -0.2) is 25.0 Å². The smallest absolute Gasteiger partial charge is 0.312 e. The van der Waals surface area contributed by atoms with E-state index < -0.39 is 0 Å². The SMILES string of the molecule is CCOC(=O)C1([C@H]2CNC(=O)C2)CC1. The Balaban J connectivity index is 2.02. The molecule has 1 heterocycles. The molecule has 14 heavy (non-hydrogen) atoms. The third kappa shape index (κ3) is 1.38. The van der Waals surface area contributed by atoms with Crippen molar-refractivity contribution in [2.75, 3.05) is 13.2 Å². The van der Waals surface area contributed by atoms with Gasteiger partial charge >= 0.3 is 5.97 Å². The second kappa shape index (κ2) is 3.26. The second-order valence-electron chi connectivity index (χ2n) is 4.08. The first-order chi connectivity index (χ1) is 6.69. The summed E-state index contributed by atoms with van der Waals surface area (Å²) in [6, 6.07) is 0. The van der Waals surface area contributed by atoms with E-state index >= 15 is 0 Å². The van der Waals surface area contributed by atoms with E-state index in [1.807, 2.05) is 6.92 Å². The van der Waals surface area contributed by atoms with Gasteiger partial charge in [0.2, 0.25) is 5.91 Å². The van der Waals surface area contributed by atoms with Gasteiger partial charge in [-0.1, -0.05) is 0 Å². The number of hydrogen-bond acceptors (Lipinski definition) is 3. The van der Waals surface area contributed by atoms with Gasteiger partial charge in [-0.15, -0.1) is 0 Å². The van der Waals surface area contributed by atoms with Gasteiger partial charge in [0.15, 0.2) is 0 Å². The first kappa shape index (κ1) is 9.49. The zero-order chi connectivity index (χ0) is 10.2. The van der Waals surface area contributed by atoms with Crippen LogP contribution in [0.15, 0.2) is 0 Å². The Morgan fingerprint density at radius 2 is 2.36 bits per heavy atom. The fourth-order valence-electron chi connectivity index (χ4n) is 2.18. The minimum absolute atomic E-state index is 0.0607. The molecule has 1 amide bonds. The third-order valence-electron chi connectivity index (χ3n) is 3.23. The summed E-state index contributed by atoms with van der Waals surface area (Å²) in [5.41, 5.74) is -0.324. The quantitative estimate of drug-likeness (QED) is 0.669. The van der Waals surface area contributed by atoms with Gasteiger partial charge in [-0.05, 0) is 19.8 Å². The average molecular weight is 197 g/mol. The van der Waals surface area contributed by atoms with Crippen LogP contribution in [0.4, 0.5) is 0 Å². The predicted octanol–water partition coefficient (Wildman–Crippen LogP) is 0.466. The van der Waals surface area contributed by atoms with Crippen LogP contribution in [-0.2, 0) is 14.3 Å². The first-order valence-corrected chi connectivity index (χ1v) is 5.13. The number of nitrogens with one attached hydrogen (secondary N) is 1. The van der Waals surface area contributed by atoms with Crippen molar-refractivity contribution < 1.29 is 14.3 Å². The highest BCUT2D eigenvalue weighted by molar-refractivity contribution is 5.84. The van der Waals surface area contributed by atoms with E-state index in [0.717, 1.165) is 12.8 Å². The van der Waals surface area contributed by atoms with Crippen LogP contribution >= 0.6 is 0 Å². The molecule has 0 aromatic rings. The lowest BCUT2D eigenvalue weighted by molar-refractivity contribution is -0.151. The molecule has 0 aromatic heterocycles. The van der Waals surface area contributed by atoms with Crippen LogP contribution < -0.4 is 5.32 Å². The molecule has 2 rings (SSSR count). The van der Waals surface area contributed by atoms with Crippen molar-refractivity contribution in [1.29, 1.82) is 0 Å². The van der Waals surface area contributed by atoms with Crippen LogP contribution in [0.1, 0.15) is 26.2 Å². The Morgan fingerprint density at radius 3 is 2.79 bits per heavy atom. The van der Waals surface area contributed by atoms with Crippen LogP contribution in [0.25, 0.3) is 0 Å².